The molecule has 27 nitrogen and oxygen atoms in total. The molecule has 0 saturated heterocycles. The Labute approximate surface area is 541 Å². The van der Waals surface area contributed by atoms with Crippen LogP contribution in [0.2, 0.25) is 5.15 Å². The number of anilines is 2. The van der Waals surface area contributed by atoms with Crippen LogP contribution >= 0.6 is 11.6 Å². The lowest BCUT2D eigenvalue weighted by Gasteiger charge is -2.23. The van der Waals surface area contributed by atoms with E-state index in [9.17, 15) is 38.7 Å². The summed E-state index contributed by atoms with van der Waals surface area (Å²) >= 11 is 5.79. The van der Waals surface area contributed by atoms with Gasteiger partial charge in [-0.25, -0.2) is 64.5 Å². The Kier molecular flexibility index (Phi) is 30.8. The van der Waals surface area contributed by atoms with E-state index in [1.165, 1.54) is 25.3 Å². The maximum Gasteiger partial charge on any atom is 0.347 e. The second-order valence-corrected chi connectivity index (χ2v) is 19.1. The van der Waals surface area contributed by atoms with Crippen molar-refractivity contribution in [3.63, 3.8) is 0 Å². The van der Waals surface area contributed by atoms with Crippen LogP contribution in [-0.4, -0.2) is 118 Å². The zero-order valence-corrected chi connectivity index (χ0v) is 53.8. The van der Waals surface area contributed by atoms with E-state index in [0.29, 0.717) is 79.7 Å². The van der Waals surface area contributed by atoms with Gasteiger partial charge in [-0.05, 0) is 77.0 Å². The van der Waals surface area contributed by atoms with Crippen molar-refractivity contribution in [3.8, 4) is 5.75 Å². The molecule has 0 atom stereocenters. The third-order valence-electron chi connectivity index (χ3n) is 12.6. The predicted molar refractivity (Wildman–Crippen MR) is 339 cm³/mol. The minimum Gasteiger partial charge on any atom is -0.506 e. The van der Waals surface area contributed by atoms with Gasteiger partial charge in [0.2, 0.25) is 0 Å². The van der Waals surface area contributed by atoms with Crippen LogP contribution in [0.5, 0.6) is 5.75 Å². The van der Waals surface area contributed by atoms with Gasteiger partial charge in [0.05, 0.1) is 67.8 Å². The van der Waals surface area contributed by atoms with Crippen molar-refractivity contribution in [2.45, 2.75) is 114 Å². The van der Waals surface area contributed by atoms with Crippen molar-refractivity contribution in [1.82, 2.24) is 44.6 Å². The number of benzene rings is 3. The lowest BCUT2D eigenvalue weighted by atomic mass is 10.1. The van der Waals surface area contributed by atoms with Gasteiger partial charge in [0.15, 0.2) is 22.8 Å². The van der Waals surface area contributed by atoms with Gasteiger partial charge in [-0.2, -0.15) is 5.06 Å². The van der Waals surface area contributed by atoms with Crippen LogP contribution in [0, 0.1) is 0 Å². The number of nitrogens with zero attached hydrogens (tertiary/aromatic N) is 10. The Bertz CT molecular complexity index is 3810. The number of pyridine rings is 1. The molecule has 0 aliphatic rings. The number of aryl methyl sites for hydroxylation is 4. The van der Waals surface area contributed by atoms with Crippen LogP contribution in [-0.2, 0) is 88.5 Å². The van der Waals surface area contributed by atoms with Gasteiger partial charge in [-0.1, -0.05) is 130 Å². The largest absolute Gasteiger partial charge is 0.506 e. The summed E-state index contributed by atoms with van der Waals surface area (Å²) in [6, 6.07) is 28.1. The molecule has 3 aromatic carbocycles. The standard InChI is InChI=1S/C21H25N3O6.C19H19N3O5.C16H19N3O3.C9H11ClN2O2/c1-4-16-19(21(27)29-6-3)20(23-14-22-16)24(17(25)12-18(26)28-5-2)30-13-15-10-8-7-9-11-15;1-3-13-14-16(23)15(19(25)26-4-2)18(24)22(17(14)21-11-20-13)27-10-12-8-6-5-7-9-12;1-3-13-14(16(20)21-4-2)15(18-11-17-13)19-22-10-12-8-6-5-7-9-12;1-3-6-7(9(13)14-4-2)8(10)12-5-11-6/h7-11,14H,4-6,12-13H2,1-3H3;5-9,11,23H,3-4,10H2,1-2H3;5-9,11H,3-4,10H2,1-2H3,(H,17,18,19);5H,3-4H2,1-2H3. The first kappa shape index (κ1) is 73.4. The van der Waals surface area contributed by atoms with Gasteiger partial charge in [0, 0.05) is 0 Å². The van der Waals surface area contributed by atoms with Crippen LogP contribution in [0.25, 0.3) is 11.0 Å². The molecule has 0 bridgehead atoms. The van der Waals surface area contributed by atoms with Gasteiger partial charge in [0.1, 0.15) is 72.5 Å². The fraction of sp³-hybridized carbons (Fsp3) is 0.338. The first-order valence-corrected chi connectivity index (χ1v) is 30.1. The van der Waals surface area contributed by atoms with E-state index >= 15 is 0 Å². The average Bonchev–Trinajstić information content (AvgIpc) is 0.761. The molecule has 0 spiro atoms. The third kappa shape index (κ3) is 21.1. The molecule has 492 valence electrons. The monoisotopic (exact) mass is 1300 g/mol. The first-order valence-electron chi connectivity index (χ1n) is 29.8. The van der Waals surface area contributed by atoms with E-state index in [-0.39, 0.29) is 66.2 Å². The number of ether oxygens (including phenoxy) is 5. The van der Waals surface area contributed by atoms with Crippen molar-refractivity contribution in [2.75, 3.05) is 43.6 Å². The molecule has 0 fully saturated rings. The number of aromatic hydroxyl groups is 1. The van der Waals surface area contributed by atoms with Gasteiger partial charge in [0.25, 0.3) is 5.91 Å². The fourth-order valence-electron chi connectivity index (χ4n) is 8.36. The first-order chi connectivity index (χ1) is 45.0. The Hall–Kier alpha value is -10.4. The molecule has 8 aromatic rings. The summed E-state index contributed by atoms with van der Waals surface area (Å²) in [5, 5.41) is 11.8. The third-order valence-corrected chi connectivity index (χ3v) is 12.9. The number of esters is 5. The maximum absolute atomic E-state index is 12.9. The van der Waals surface area contributed by atoms with Gasteiger partial charge < -0.3 is 33.6 Å². The molecule has 8 rings (SSSR count). The summed E-state index contributed by atoms with van der Waals surface area (Å²) in [7, 11) is 0. The topological polar surface area (TPSA) is 337 Å². The summed E-state index contributed by atoms with van der Waals surface area (Å²) in [6.07, 6.45) is 6.77. The molecule has 5 heterocycles. The molecule has 2 N–H and O–H groups in total. The SMILES string of the molecule is CCOC(=O)CC(=O)N(OCc1ccccc1)c1ncnc(CC)c1C(=O)OCC.CCOC(=O)c1c(CC)ncnc1NOCc1ccccc1.CCOC(=O)c1c(Cl)ncnc1CC.CCOC(=O)c1c(O)c2c(CC)ncnc2n(OCc2ccccc2)c1=O. The van der Waals surface area contributed by atoms with E-state index in [1.54, 1.807) is 34.6 Å². The van der Waals surface area contributed by atoms with Crippen LogP contribution in [0.15, 0.2) is 121 Å². The molecule has 28 heteroatoms. The number of carbonyl (C=O) groups excluding carboxylic acids is 6. The molecule has 0 saturated carbocycles. The van der Waals surface area contributed by atoms with Crippen molar-refractivity contribution in [3.05, 3.63) is 194 Å². The summed E-state index contributed by atoms with van der Waals surface area (Å²) < 4.78 is 25.7. The number of hydrogen-bond acceptors (Lipinski definition) is 25. The molecule has 5 aromatic heterocycles. The molecule has 0 unspecified atom stereocenters. The number of aromatic nitrogens is 9. The van der Waals surface area contributed by atoms with Crippen molar-refractivity contribution in [1.29, 1.82) is 0 Å². The summed E-state index contributed by atoms with van der Waals surface area (Å²) in [5.41, 5.74) is 6.84. The molecular formula is C65H74ClN11O16. The van der Waals surface area contributed by atoms with Crippen molar-refractivity contribution >= 4 is 70.0 Å². The lowest BCUT2D eigenvalue weighted by molar-refractivity contribution is -0.147. The van der Waals surface area contributed by atoms with E-state index in [4.69, 9.17) is 49.8 Å². The van der Waals surface area contributed by atoms with E-state index in [0.717, 1.165) is 26.5 Å². The second-order valence-electron chi connectivity index (χ2n) is 18.8. The highest BCUT2D eigenvalue weighted by Gasteiger charge is 2.31. The number of halogens is 1. The number of nitrogens with one attached hydrogen (secondary N) is 1. The van der Waals surface area contributed by atoms with E-state index in [2.05, 4.69) is 45.4 Å². The average molecular weight is 1300 g/mol. The minimum absolute atomic E-state index is 0.0170. The molecule has 93 heavy (non-hydrogen) atoms. The summed E-state index contributed by atoms with van der Waals surface area (Å²) in [4.78, 5) is 135. The number of carbonyl (C=O) groups is 6. The number of hydroxylamine groups is 1. The highest BCUT2D eigenvalue weighted by molar-refractivity contribution is 6.32. The van der Waals surface area contributed by atoms with Gasteiger partial charge in [-0.3, -0.25) is 24.1 Å². The normalized spacial score (nSPS) is 10.4. The quantitative estimate of drug-likeness (QED) is 0.0168. The zero-order valence-electron chi connectivity index (χ0n) is 53.1. The molecular weight excluding hydrogens is 1230 g/mol. The smallest absolute Gasteiger partial charge is 0.347 e. The molecule has 0 aliphatic carbocycles. The van der Waals surface area contributed by atoms with Crippen LogP contribution < -0.4 is 20.9 Å². The fourth-order valence-corrected chi connectivity index (χ4v) is 8.59. The maximum atomic E-state index is 12.9. The number of fused-ring (bicyclic) bond motifs is 1. The summed E-state index contributed by atoms with van der Waals surface area (Å²) in [6.45, 7) is 17.3. The zero-order chi connectivity index (χ0) is 67.7. The highest BCUT2D eigenvalue weighted by atomic mass is 35.5. The second kappa shape index (κ2) is 39.0. The lowest BCUT2D eigenvalue weighted by Crippen LogP contribution is -2.35. The van der Waals surface area contributed by atoms with Gasteiger partial charge >= 0.3 is 35.4 Å². The Balaban J connectivity index is 0.000000232. The van der Waals surface area contributed by atoms with Crippen molar-refractivity contribution in [2.24, 2.45) is 0 Å². The molecule has 0 radical (unpaired) electrons. The highest BCUT2D eigenvalue weighted by Crippen LogP contribution is 2.29. The van der Waals surface area contributed by atoms with E-state index < -0.39 is 59.0 Å². The Morgan fingerprint density at radius 2 is 0.925 bits per heavy atom. The van der Waals surface area contributed by atoms with E-state index in [1.807, 2.05) is 119 Å². The van der Waals surface area contributed by atoms with Gasteiger partial charge in [-0.15, -0.1) is 4.73 Å². The minimum atomic E-state index is -0.926. The van der Waals surface area contributed by atoms with Crippen LogP contribution in [0.3, 0.4) is 0 Å². The van der Waals surface area contributed by atoms with Crippen LogP contribution in [0.4, 0.5) is 11.6 Å². The predicted octanol–water partition coefficient (Wildman–Crippen LogP) is 9.13. The number of amides is 1. The van der Waals surface area contributed by atoms with Crippen LogP contribution in [0.1, 0.15) is 150 Å². The summed E-state index contributed by atoms with van der Waals surface area (Å²) in [5.74, 6) is -4.21. The Morgan fingerprint density at radius 3 is 1.45 bits per heavy atom. The Morgan fingerprint density at radius 1 is 0.495 bits per heavy atom. The molecule has 0 aliphatic heterocycles. The molecule has 1 amide bonds. The number of rotatable bonds is 26. The number of hydrogen-bond donors (Lipinski definition) is 2. The van der Waals surface area contributed by atoms with Crippen molar-refractivity contribution < 1.29 is 72.1 Å².